The number of rotatable bonds is 6. The first-order valence-corrected chi connectivity index (χ1v) is 6.40. The van der Waals surface area contributed by atoms with E-state index < -0.39 is 0 Å². The molecule has 0 bridgehead atoms. The zero-order valence-corrected chi connectivity index (χ0v) is 11.7. The van der Waals surface area contributed by atoms with E-state index in [0.717, 1.165) is 5.56 Å². The van der Waals surface area contributed by atoms with E-state index in [2.05, 4.69) is 10.3 Å². The summed E-state index contributed by atoms with van der Waals surface area (Å²) in [5.41, 5.74) is 0.960. The zero-order valence-electron chi connectivity index (χ0n) is 11.7. The standard InChI is InChI=1S/C14H21N3O2/c1-11(2)8-16-14(19)10-17(12(3)18)9-13-4-6-15-7-5-13/h4-7,11H,8-10H2,1-3H3,(H,16,19). The molecule has 0 aliphatic heterocycles. The van der Waals surface area contributed by atoms with Gasteiger partial charge in [0, 0.05) is 32.4 Å². The third-order valence-electron chi connectivity index (χ3n) is 2.61. The van der Waals surface area contributed by atoms with Crippen molar-refractivity contribution in [2.45, 2.75) is 27.3 Å². The van der Waals surface area contributed by atoms with E-state index in [1.54, 1.807) is 12.4 Å². The van der Waals surface area contributed by atoms with Crippen LogP contribution in [0.15, 0.2) is 24.5 Å². The number of carbonyl (C=O) groups is 2. The van der Waals surface area contributed by atoms with Crippen LogP contribution in [0.4, 0.5) is 0 Å². The summed E-state index contributed by atoms with van der Waals surface area (Å²) in [6.45, 7) is 6.66. The molecule has 19 heavy (non-hydrogen) atoms. The lowest BCUT2D eigenvalue weighted by Gasteiger charge is -2.20. The molecule has 104 valence electrons. The molecule has 1 N–H and O–H groups in total. The van der Waals surface area contributed by atoms with Crippen molar-refractivity contribution in [2.75, 3.05) is 13.1 Å². The van der Waals surface area contributed by atoms with Crippen LogP contribution in [0.2, 0.25) is 0 Å². The van der Waals surface area contributed by atoms with Crippen molar-refractivity contribution in [2.24, 2.45) is 5.92 Å². The van der Waals surface area contributed by atoms with Gasteiger partial charge in [-0.3, -0.25) is 14.6 Å². The second-order valence-corrected chi connectivity index (χ2v) is 4.93. The predicted octanol–water partition coefficient (Wildman–Crippen LogP) is 1.20. The van der Waals surface area contributed by atoms with E-state index in [-0.39, 0.29) is 18.4 Å². The van der Waals surface area contributed by atoms with Gasteiger partial charge in [0.15, 0.2) is 0 Å². The van der Waals surface area contributed by atoms with Crippen LogP contribution >= 0.6 is 0 Å². The molecule has 1 aromatic rings. The van der Waals surface area contributed by atoms with E-state index in [9.17, 15) is 9.59 Å². The zero-order chi connectivity index (χ0) is 14.3. The normalized spacial score (nSPS) is 10.3. The number of hydrogen-bond acceptors (Lipinski definition) is 3. The Labute approximate surface area is 114 Å². The highest BCUT2D eigenvalue weighted by molar-refractivity contribution is 5.83. The second-order valence-electron chi connectivity index (χ2n) is 4.93. The summed E-state index contributed by atoms with van der Waals surface area (Å²) in [5, 5.41) is 2.81. The Hall–Kier alpha value is -1.91. The summed E-state index contributed by atoms with van der Waals surface area (Å²) in [7, 11) is 0. The van der Waals surface area contributed by atoms with Gasteiger partial charge in [0.05, 0.1) is 6.54 Å². The van der Waals surface area contributed by atoms with E-state index in [4.69, 9.17) is 0 Å². The van der Waals surface area contributed by atoms with Crippen LogP contribution < -0.4 is 5.32 Å². The van der Waals surface area contributed by atoms with Gasteiger partial charge in [-0.2, -0.15) is 0 Å². The molecule has 0 saturated heterocycles. The average Bonchev–Trinajstić information content (AvgIpc) is 2.36. The lowest BCUT2D eigenvalue weighted by molar-refractivity contribution is -0.134. The Bertz CT molecular complexity index is 418. The molecule has 0 aliphatic carbocycles. The number of aromatic nitrogens is 1. The van der Waals surface area contributed by atoms with Crippen LogP contribution in [0, 0.1) is 5.92 Å². The Kier molecular flexibility index (Phi) is 5.99. The second kappa shape index (κ2) is 7.51. The summed E-state index contributed by atoms with van der Waals surface area (Å²) in [6.07, 6.45) is 3.35. The van der Waals surface area contributed by atoms with E-state index in [1.807, 2.05) is 26.0 Å². The van der Waals surface area contributed by atoms with Crippen molar-refractivity contribution in [3.05, 3.63) is 30.1 Å². The Morgan fingerprint density at radius 1 is 1.32 bits per heavy atom. The van der Waals surface area contributed by atoms with Gasteiger partial charge in [-0.05, 0) is 23.6 Å². The summed E-state index contributed by atoms with van der Waals surface area (Å²) >= 11 is 0. The highest BCUT2D eigenvalue weighted by atomic mass is 16.2. The molecule has 0 unspecified atom stereocenters. The maximum atomic E-state index is 11.7. The van der Waals surface area contributed by atoms with Crippen molar-refractivity contribution in [3.63, 3.8) is 0 Å². The molecule has 0 atom stereocenters. The Balaban J connectivity index is 2.54. The van der Waals surface area contributed by atoms with Gasteiger partial charge in [-0.15, -0.1) is 0 Å². The highest BCUT2D eigenvalue weighted by Gasteiger charge is 2.14. The van der Waals surface area contributed by atoms with Crippen LogP contribution in [-0.4, -0.2) is 34.8 Å². The summed E-state index contributed by atoms with van der Waals surface area (Å²) in [6, 6.07) is 3.67. The summed E-state index contributed by atoms with van der Waals surface area (Å²) in [4.78, 5) is 28.7. The van der Waals surface area contributed by atoms with Crippen molar-refractivity contribution in [3.8, 4) is 0 Å². The monoisotopic (exact) mass is 263 g/mol. The largest absolute Gasteiger partial charge is 0.354 e. The first kappa shape index (κ1) is 15.1. The van der Waals surface area contributed by atoms with Crippen LogP contribution in [0.3, 0.4) is 0 Å². The summed E-state index contributed by atoms with van der Waals surface area (Å²) in [5.74, 6) is 0.157. The molecule has 0 aliphatic rings. The van der Waals surface area contributed by atoms with Gasteiger partial charge in [0.25, 0.3) is 0 Å². The fraction of sp³-hybridized carbons (Fsp3) is 0.500. The van der Waals surface area contributed by atoms with Crippen molar-refractivity contribution >= 4 is 11.8 Å². The number of nitrogens with zero attached hydrogens (tertiary/aromatic N) is 2. The molecule has 5 nitrogen and oxygen atoms in total. The van der Waals surface area contributed by atoms with Gasteiger partial charge in [-0.25, -0.2) is 0 Å². The maximum Gasteiger partial charge on any atom is 0.239 e. The minimum Gasteiger partial charge on any atom is -0.354 e. The Morgan fingerprint density at radius 3 is 2.47 bits per heavy atom. The quantitative estimate of drug-likeness (QED) is 0.839. The third-order valence-corrected chi connectivity index (χ3v) is 2.61. The van der Waals surface area contributed by atoms with Gasteiger partial charge in [-0.1, -0.05) is 13.8 Å². The molecule has 0 spiro atoms. The minimum atomic E-state index is -0.127. The number of nitrogens with one attached hydrogen (secondary N) is 1. The molecule has 1 rings (SSSR count). The smallest absolute Gasteiger partial charge is 0.239 e. The van der Waals surface area contributed by atoms with E-state index in [1.165, 1.54) is 11.8 Å². The highest BCUT2D eigenvalue weighted by Crippen LogP contribution is 2.03. The van der Waals surface area contributed by atoms with Crippen LogP contribution in [0.5, 0.6) is 0 Å². The molecule has 0 fully saturated rings. The number of hydrogen-bond donors (Lipinski definition) is 1. The first-order chi connectivity index (χ1) is 8.99. The van der Waals surface area contributed by atoms with Crippen LogP contribution in [0.1, 0.15) is 26.3 Å². The van der Waals surface area contributed by atoms with Crippen LogP contribution in [0.25, 0.3) is 0 Å². The van der Waals surface area contributed by atoms with Crippen molar-refractivity contribution < 1.29 is 9.59 Å². The molecule has 5 heteroatoms. The lowest BCUT2D eigenvalue weighted by Crippen LogP contribution is -2.40. The average molecular weight is 263 g/mol. The molecular weight excluding hydrogens is 242 g/mol. The third kappa shape index (κ3) is 5.99. The van der Waals surface area contributed by atoms with Crippen LogP contribution in [-0.2, 0) is 16.1 Å². The first-order valence-electron chi connectivity index (χ1n) is 6.40. The van der Waals surface area contributed by atoms with E-state index in [0.29, 0.717) is 19.0 Å². The molecule has 1 heterocycles. The SMILES string of the molecule is CC(=O)N(CC(=O)NCC(C)C)Cc1ccncc1. The predicted molar refractivity (Wildman–Crippen MR) is 73.2 cm³/mol. The van der Waals surface area contributed by atoms with Crippen molar-refractivity contribution in [1.29, 1.82) is 0 Å². The Morgan fingerprint density at radius 2 is 1.95 bits per heavy atom. The van der Waals surface area contributed by atoms with Gasteiger partial charge < -0.3 is 10.2 Å². The van der Waals surface area contributed by atoms with Gasteiger partial charge >= 0.3 is 0 Å². The number of carbonyl (C=O) groups excluding carboxylic acids is 2. The van der Waals surface area contributed by atoms with Gasteiger partial charge in [0.1, 0.15) is 0 Å². The molecular formula is C14H21N3O2. The maximum absolute atomic E-state index is 11.7. The molecule has 1 aromatic heterocycles. The lowest BCUT2D eigenvalue weighted by atomic mass is 10.2. The summed E-state index contributed by atoms with van der Waals surface area (Å²) < 4.78 is 0. The molecule has 0 aromatic carbocycles. The fourth-order valence-electron chi connectivity index (χ4n) is 1.53. The molecule has 2 amide bonds. The van der Waals surface area contributed by atoms with Crippen molar-refractivity contribution in [1.82, 2.24) is 15.2 Å². The fourth-order valence-corrected chi connectivity index (χ4v) is 1.53. The number of amides is 2. The molecule has 0 saturated carbocycles. The number of pyridine rings is 1. The minimum absolute atomic E-state index is 0.0877. The molecule has 0 radical (unpaired) electrons. The topological polar surface area (TPSA) is 62.3 Å². The van der Waals surface area contributed by atoms with Gasteiger partial charge in [0.2, 0.25) is 11.8 Å². The van der Waals surface area contributed by atoms with E-state index >= 15 is 0 Å².